The van der Waals surface area contributed by atoms with Crippen LogP contribution >= 0.6 is 0 Å². The highest BCUT2D eigenvalue weighted by Gasteiger charge is 2.30. The summed E-state index contributed by atoms with van der Waals surface area (Å²) in [5, 5.41) is 21.6. The summed E-state index contributed by atoms with van der Waals surface area (Å²) in [6.07, 6.45) is 4.36. The van der Waals surface area contributed by atoms with Gasteiger partial charge in [0.25, 0.3) is 5.91 Å². The number of carbonyl (C=O) groups excluding carboxylic acids is 1. The number of hydrogen-bond acceptors (Lipinski definition) is 5. The van der Waals surface area contributed by atoms with Crippen LogP contribution in [-0.4, -0.2) is 50.5 Å². The van der Waals surface area contributed by atoms with Gasteiger partial charge < -0.3 is 15.3 Å². The molecular weight excluding hydrogens is 342 g/mol. The zero-order valence-electron chi connectivity index (χ0n) is 15.8. The third kappa shape index (κ3) is 4.13. The highest BCUT2D eigenvalue weighted by atomic mass is 16.3. The SMILES string of the molecule is Cc1c(C(=O)N(Cc2cccc(O)c2)CC2CC2)nnn1C1CCNCC1. The number of nitrogens with zero attached hydrogens (tertiary/aromatic N) is 4. The van der Waals surface area contributed by atoms with Gasteiger partial charge in [-0.25, -0.2) is 4.68 Å². The van der Waals surface area contributed by atoms with Crippen LogP contribution in [0.3, 0.4) is 0 Å². The number of piperidine rings is 1. The molecule has 1 amide bonds. The molecule has 1 saturated carbocycles. The van der Waals surface area contributed by atoms with E-state index in [0.717, 1.165) is 43.7 Å². The minimum absolute atomic E-state index is 0.0667. The zero-order chi connectivity index (χ0) is 18.8. The maximum atomic E-state index is 13.2. The summed E-state index contributed by atoms with van der Waals surface area (Å²) in [6.45, 7) is 5.09. The number of aromatic nitrogens is 3. The quantitative estimate of drug-likeness (QED) is 0.816. The van der Waals surface area contributed by atoms with E-state index < -0.39 is 0 Å². The molecule has 7 heteroatoms. The van der Waals surface area contributed by atoms with Crippen molar-refractivity contribution in [3.63, 3.8) is 0 Å². The molecule has 27 heavy (non-hydrogen) atoms. The molecule has 1 aromatic heterocycles. The van der Waals surface area contributed by atoms with Gasteiger partial charge in [0, 0.05) is 13.1 Å². The average Bonchev–Trinajstić information content (AvgIpc) is 3.41. The minimum atomic E-state index is -0.0667. The first-order valence-electron chi connectivity index (χ1n) is 9.81. The Labute approximate surface area is 159 Å². The predicted molar refractivity (Wildman–Crippen MR) is 101 cm³/mol. The monoisotopic (exact) mass is 369 g/mol. The van der Waals surface area contributed by atoms with Crippen molar-refractivity contribution in [2.24, 2.45) is 5.92 Å². The highest BCUT2D eigenvalue weighted by Crippen LogP contribution is 2.31. The topological polar surface area (TPSA) is 83.3 Å². The Hall–Kier alpha value is -2.41. The van der Waals surface area contributed by atoms with Crippen molar-refractivity contribution >= 4 is 5.91 Å². The third-order valence-electron chi connectivity index (χ3n) is 5.53. The lowest BCUT2D eigenvalue weighted by atomic mass is 10.1. The van der Waals surface area contributed by atoms with Crippen LogP contribution in [0.1, 0.15) is 53.5 Å². The molecule has 2 aliphatic rings. The molecule has 2 aromatic rings. The molecule has 0 unspecified atom stereocenters. The summed E-state index contributed by atoms with van der Waals surface area (Å²) in [5.74, 6) is 0.730. The van der Waals surface area contributed by atoms with E-state index in [4.69, 9.17) is 0 Å². The number of aromatic hydroxyl groups is 1. The summed E-state index contributed by atoms with van der Waals surface area (Å²) in [5.41, 5.74) is 2.23. The Morgan fingerprint density at radius 3 is 2.78 bits per heavy atom. The first kappa shape index (κ1) is 18.0. The lowest BCUT2D eigenvalue weighted by Gasteiger charge is -2.24. The molecule has 1 aliphatic heterocycles. The number of amides is 1. The van der Waals surface area contributed by atoms with Gasteiger partial charge in [0.1, 0.15) is 5.75 Å². The third-order valence-corrected chi connectivity index (χ3v) is 5.53. The summed E-state index contributed by atoms with van der Waals surface area (Å²) in [7, 11) is 0. The Bertz CT molecular complexity index is 808. The summed E-state index contributed by atoms with van der Waals surface area (Å²) in [6, 6.07) is 7.41. The Kier molecular flexibility index (Phi) is 5.11. The van der Waals surface area contributed by atoms with Crippen molar-refractivity contribution < 1.29 is 9.90 Å². The maximum absolute atomic E-state index is 13.2. The number of carbonyl (C=O) groups is 1. The van der Waals surface area contributed by atoms with Gasteiger partial charge in [0.05, 0.1) is 11.7 Å². The van der Waals surface area contributed by atoms with Gasteiger partial charge in [-0.15, -0.1) is 5.10 Å². The van der Waals surface area contributed by atoms with Crippen molar-refractivity contribution in [3.05, 3.63) is 41.2 Å². The van der Waals surface area contributed by atoms with Crippen molar-refractivity contribution in [1.29, 1.82) is 0 Å². The molecular formula is C20H27N5O2. The van der Waals surface area contributed by atoms with E-state index >= 15 is 0 Å². The van der Waals surface area contributed by atoms with Crippen LogP contribution in [0, 0.1) is 12.8 Å². The second-order valence-corrected chi connectivity index (χ2v) is 7.75. The summed E-state index contributed by atoms with van der Waals surface area (Å²) in [4.78, 5) is 15.1. The van der Waals surface area contributed by atoms with Gasteiger partial charge in [0.15, 0.2) is 5.69 Å². The Morgan fingerprint density at radius 1 is 1.30 bits per heavy atom. The molecule has 2 N–H and O–H groups in total. The fraction of sp³-hybridized carbons (Fsp3) is 0.550. The first-order valence-corrected chi connectivity index (χ1v) is 9.81. The van der Waals surface area contributed by atoms with Crippen LogP contribution < -0.4 is 5.32 Å². The van der Waals surface area contributed by atoms with Gasteiger partial charge >= 0.3 is 0 Å². The molecule has 1 saturated heterocycles. The summed E-state index contributed by atoms with van der Waals surface area (Å²) < 4.78 is 1.93. The summed E-state index contributed by atoms with van der Waals surface area (Å²) >= 11 is 0. The van der Waals surface area contributed by atoms with E-state index in [1.807, 2.05) is 28.6 Å². The lowest BCUT2D eigenvalue weighted by molar-refractivity contribution is 0.0727. The van der Waals surface area contributed by atoms with E-state index in [-0.39, 0.29) is 11.7 Å². The molecule has 4 rings (SSSR count). The van der Waals surface area contributed by atoms with E-state index in [0.29, 0.717) is 24.2 Å². The van der Waals surface area contributed by atoms with Crippen LogP contribution in [0.4, 0.5) is 0 Å². The van der Waals surface area contributed by atoms with Gasteiger partial charge in [-0.2, -0.15) is 0 Å². The largest absolute Gasteiger partial charge is 0.508 e. The molecule has 0 atom stereocenters. The molecule has 2 heterocycles. The molecule has 2 fully saturated rings. The normalized spacial score (nSPS) is 17.8. The van der Waals surface area contributed by atoms with Gasteiger partial charge in [-0.05, 0) is 69.3 Å². The number of nitrogens with one attached hydrogen (secondary N) is 1. The number of rotatable bonds is 6. The molecule has 7 nitrogen and oxygen atoms in total. The zero-order valence-corrected chi connectivity index (χ0v) is 15.8. The molecule has 0 radical (unpaired) electrons. The van der Waals surface area contributed by atoms with E-state index in [1.165, 1.54) is 12.8 Å². The Morgan fingerprint density at radius 2 is 2.07 bits per heavy atom. The van der Waals surface area contributed by atoms with Crippen LogP contribution in [0.5, 0.6) is 5.75 Å². The molecule has 144 valence electrons. The van der Waals surface area contributed by atoms with Crippen LogP contribution in [-0.2, 0) is 6.54 Å². The Balaban J connectivity index is 1.54. The lowest BCUT2D eigenvalue weighted by Crippen LogP contribution is -2.33. The van der Waals surface area contributed by atoms with Crippen LogP contribution in [0.2, 0.25) is 0 Å². The highest BCUT2D eigenvalue weighted by molar-refractivity contribution is 5.93. The van der Waals surface area contributed by atoms with Gasteiger partial charge in [-0.1, -0.05) is 17.3 Å². The van der Waals surface area contributed by atoms with Crippen LogP contribution in [0.15, 0.2) is 24.3 Å². The van der Waals surface area contributed by atoms with E-state index in [2.05, 4.69) is 15.6 Å². The predicted octanol–water partition coefficient (Wildman–Crippen LogP) is 2.27. The molecule has 0 spiro atoms. The number of phenols is 1. The fourth-order valence-electron chi connectivity index (χ4n) is 3.79. The molecule has 0 bridgehead atoms. The van der Waals surface area contributed by atoms with Crippen molar-refractivity contribution in [2.45, 2.75) is 45.2 Å². The van der Waals surface area contributed by atoms with Gasteiger partial charge in [0.2, 0.25) is 0 Å². The second kappa shape index (κ2) is 7.68. The first-order chi connectivity index (χ1) is 13.1. The van der Waals surface area contributed by atoms with Crippen molar-refractivity contribution in [3.8, 4) is 5.75 Å². The average molecular weight is 369 g/mol. The van der Waals surface area contributed by atoms with Crippen molar-refractivity contribution in [1.82, 2.24) is 25.2 Å². The second-order valence-electron chi connectivity index (χ2n) is 7.75. The smallest absolute Gasteiger partial charge is 0.276 e. The van der Waals surface area contributed by atoms with E-state index in [9.17, 15) is 9.90 Å². The maximum Gasteiger partial charge on any atom is 0.276 e. The van der Waals surface area contributed by atoms with Crippen LogP contribution in [0.25, 0.3) is 0 Å². The number of hydrogen-bond donors (Lipinski definition) is 2. The number of benzene rings is 1. The standard InChI is InChI=1S/C20H27N5O2/c1-14-19(22-23-25(14)17-7-9-21-10-8-17)20(27)24(12-15-5-6-15)13-16-3-2-4-18(26)11-16/h2-4,11,15,17,21,26H,5-10,12-13H2,1H3. The van der Waals surface area contributed by atoms with E-state index in [1.54, 1.807) is 12.1 Å². The number of phenolic OH excluding ortho intramolecular Hbond substituents is 1. The van der Waals surface area contributed by atoms with Gasteiger partial charge in [-0.3, -0.25) is 4.79 Å². The van der Waals surface area contributed by atoms with Crippen molar-refractivity contribution in [2.75, 3.05) is 19.6 Å². The molecule has 1 aliphatic carbocycles. The molecule has 1 aromatic carbocycles. The fourth-order valence-corrected chi connectivity index (χ4v) is 3.79. The minimum Gasteiger partial charge on any atom is -0.508 e.